The molecule has 0 aromatic carbocycles. The second-order valence-electron chi connectivity index (χ2n) is 3.18. The molecule has 0 atom stereocenters. The highest BCUT2D eigenvalue weighted by atomic mass is 32.2. The third-order valence-electron chi connectivity index (χ3n) is 1.88. The van der Waals surface area contributed by atoms with Crippen LogP contribution in [0.3, 0.4) is 0 Å². The SMILES string of the molecule is COCCS(=O)(=O)CCn1cc(N)cn1. The zero-order valence-electron chi connectivity index (χ0n) is 8.59. The molecule has 1 aromatic heterocycles. The van der Waals surface area contributed by atoms with Crippen LogP contribution in [0, 0.1) is 0 Å². The van der Waals surface area contributed by atoms with Gasteiger partial charge in [-0.3, -0.25) is 4.68 Å². The zero-order chi connectivity index (χ0) is 11.3. The summed E-state index contributed by atoms with van der Waals surface area (Å²) in [5.41, 5.74) is 5.98. The van der Waals surface area contributed by atoms with Crippen LogP contribution >= 0.6 is 0 Å². The van der Waals surface area contributed by atoms with Crippen molar-refractivity contribution in [2.75, 3.05) is 31.0 Å². The van der Waals surface area contributed by atoms with E-state index in [0.717, 1.165) is 0 Å². The largest absolute Gasteiger partial charge is 0.396 e. The number of ether oxygens (including phenoxy) is 1. The summed E-state index contributed by atoms with van der Waals surface area (Å²) in [5, 5.41) is 3.90. The maximum Gasteiger partial charge on any atom is 0.154 e. The van der Waals surface area contributed by atoms with Crippen LogP contribution in [0.25, 0.3) is 0 Å². The molecular weight excluding hydrogens is 218 g/mol. The summed E-state index contributed by atoms with van der Waals surface area (Å²) in [6.07, 6.45) is 3.09. The molecule has 7 heteroatoms. The van der Waals surface area contributed by atoms with Crippen molar-refractivity contribution in [3.8, 4) is 0 Å². The predicted molar refractivity (Wildman–Crippen MR) is 57.2 cm³/mol. The van der Waals surface area contributed by atoms with Crippen LogP contribution in [0.4, 0.5) is 5.69 Å². The number of sulfone groups is 1. The Hall–Kier alpha value is -1.08. The highest BCUT2D eigenvalue weighted by molar-refractivity contribution is 7.91. The van der Waals surface area contributed by atoms with E-state index in [9.17, 15) is 8.42 Å². The van der Waals surface area contributed by atoms with Crippen molar-refractivity contribution in [3.05, 3.63) is 12.4 Å². The minimum Gasteiger partial charge on any atom is -0.396 e. The molecule has 15 heavy (non-hydrogen) atoms. The lowest BCUT2D eigenvalue weighted by Gasteiger charge is -2.03. The maximum absolute atomic E-state index is 11.4. The van der Waals surface area contributed by atoms with Crippen molar-refractivity contribution < 1.29 is 13.2 Å². The second kappa shape index (κ2) is 5.13. The molecule has 1 aromatic rings. The second-order valence-corrected chi connectivity index (χ2v) is 5.48. The monoisotopic (exact) mass is 233 g/mol. The van der Waals surface area contributed by atoms with Gasteiger partial charge in [0.05, 0.1) is 36.5 Å². The molecule has 0 radical (unpaired) electrons. The van der Waals surface area contributed by atoms with E-state index in [4.69, 9.17) is 10.5 Å². The van der Waals surface area contributed by atoms with Gasteiger partial charge >= 0.3 is 0 Å². The van der Waals surface area contributed by atoms with E-state index in [1.807, 2.05) is 0 Å². The molecule has 0 aliphatic rings. The van der Waals surface area contributed by atoms with E-state index in [-0.39, 0.29) is 18.1 Å². The summed E-state index contributed by atoms with van der Waals surface area (Å²) in [7, 11) is -1.58. The van der Waals surface area contributed by atoms with E-state index in [0.29, 0.717) is 12.2 Å². The lowest BCUT2D eigenvalue weighted by Crippen LogP contribution is -2.18. The molecule has 0 spiro atoms. The van der Waals surface area contributed by atoms with Crippen LogP contribution < -0.4 is 5.73 Å². The summed E-state index contributed by atoms with van der Waals surface area (Å²) in [4.78, 5) is 0. The van der Waals surface area contributed by atoms with Crippen LogP contribution in [-0.2, 0) is 21.1 Å². The number of aryl methyl sites for hydroxylation is 1. The smallest absolute Gasteiger partial charge is 0.154 e. The molecule has 2 N–H and O–H groups in total. The van der Waals surface area contributed by atoms with Crippen LogP contribution in [0.2, 0.25) is 0 Å². The van der Waals surface area contributed by atoms with Crippen molar-refractivity contribution in [3.63, 3.8) is 0 Å². The number of aromatic nitrogens is 2. The maximum atomic E-state index is 11.4. The van der Waals surface area contributed by atoms with Crippen LogP contribution in [-0.4, -0.2) is 43.4 Å². The van der Waals surface area contributed by atoms with Crippen LogP contribution in [0.1, 0.15) is 0 Å². The molecular formula is C8H15N3O3S. The van der Waals surface area contributed by atoms with Crippen LogP contribution in [0.5, 0.6) is 0 Å². The van der Waals surface area contributed by atoms with E-state index in [1.54, 1.807) is 6.20 Å². The Balaban J connectivity index is 2.42. The van der Waals surface area contributed by atoms with Crippen LogP contribution in [0.15, 0.2) is 12.4 Å². The number of anilines is 1. The van der Waals surface area contributed by atoms with Gasteiger partial charge in [0.2, 0.25) is 0 Å². The first kappa shape index (κ1) is 12.0. The Morgan fingerprint density at radius 2 is 2.27 bits per heavy atom. The number of rotatable bonds is 6. The fraction of sp³-hybridized carbons (Fsp3) is 0.625. The van der Waals surface area contributed by atoms with Gasteiger partial charge in [-0.2, -0.15) is 5.10 Å². The van der Waals surface area contributed by atoms with Gasteiger partial charge in [-0.15, -0.1) is 0 Å². The van der Waals surface area contributed by atoms with Crippen molar-refractivity contribution in [2.24, 2.45) is 0 Å². The van der Waals surface area contributed by atoms with Crippen molar-refractivity contribution in [2.45, 2.75) is 6.54 Å². The molecule has 0 aliphatic carbocycles. The highest BCUT2D eigenvalue weighted by Gasteiger charge is 2.10. The molecule has 1 heterocycles. The molecule has 0 saturated carbocycles. The Morgan fingerprint density at radius 1 is 1.53 bits per heavy atom. The first-order valence-electron chi connectivity index (χ1n) is 4.51. The molecule has 0 amide bonds. The molecule has 0 fully saturated rings. The number of nitrogen functional groups attached to an aromatic ring is 1. The number of methoxy groups -OCH3 is 1. The minimum atomic E-state index is -3.06. The molecule has 0 bridgehead atoms. The van der Waals surface area contributed by atoms with E-state index < -0.39 is 9.84 Å². The average Bonchev–Trinajstić information content (AvgIpc) is 2.59. The summed E-state index contributed by atoms with van der Waals surface area (Å²) >= 11 is 0. The number of nitrogens with two attached hydrogens (primary N) is 1. The average molecular weight is 233 g/mol. The Bertz CT molecular complexity index is 399. The van der Waals surface area contributed by atoms with Gasteiger partial charge in [0.15, 0.2) is 9.84 Å². The van der Waals surface area contributed by atoms with Crippen molar-refractivity contribution in [1.29, 1.82) is 0 Å². The van der Waals surface area contributed by atoms with Gasteiger partial charge in [0.1, 0.15) is 0 Å². The first-order valence-corrected chi connectivity index (χ1v) is 6.33. The van der Waals surface area contributed by atoms with E-state index >= 15 is 0 Å². The third kappa shape index (κ3) is 4.30. The molecule has 6 nitrogen and oxygen atoms in total. The summed E-state index contributed by atoms with van der Waals surface area (Å²) < 4.78 is 29.1. The van der Waals surface area contributed by atoms with Crippen molar-refractivity contribution >= 4 is 15.5 Å². The fourth-order valence-corrected chi connectivity index (χ4v) is 2.14. The summed E-state index contributed by atoms with van der Waals surface area (Å²) in [6.45, 7) is 0.548. The zero-order valence-corrected chi connectivity index (χ0v) is 9.40. The van der Waals surface area contributed by atoms with Gasteiger partial charge in [-0.05, 0) is 0 Å². The minimum absolute atomic E-state index is 0.0419. The van der Waals surface area contributed by atoms with Gasteiger partial charge in [-0.1, -0.05) is 0 Å². The first-order chi connectivity index (χ1) is 7.03. The summed E-state index contributed by atoms with van der Waals surface area (Å²) in [5.74, 6) is 0.0950. The summed E-state index contributed by atoms with van der Waals surface area (Å²) in [6, 6.07) is 0. The lowest BCUT2D eigenvalue weighted by molar-refractivity contribution is 0.217. The Labute approximate surface area is 88.9 Å². The standard InChI is InChI=1S/C8H15N3O3S/c1-14-3-5-15(12,13)4-2-11-7-8(9)6-10-11/h6-7H,2-5,9H2,1H3. The van der Waals surface area contributed by atoms with Gasteiger partial charge < -0.3 is 10.5 Å². The van der Waals surface area contributed by atoms with Gasteiger partial charge in [0.25, 0.3) is 0 Å². The molecule has 0 aliphatic heterocycles. The highest BCUT2D eigenvalue weighted by Crippen LogP contribution is 1.99. The van der Waals surface area contributed by atoms with Gasteiger partial charge in [0, 0.05) is 13.3 Å². The number of hydrogen-bond acceptors (Lipinski definition) is 5. The predicted octanol–water partition coefficient (Wildman–Crippen LogP) is -0.473. The number of nitrogens with zero attached hydrogens (tertiary/aromatic N) is 2. The molecule has 86 valence electrons. The Kier molecular flexibility index (Phi) is 4.10. The van der Waals surface area contributed by atoms with Gasteiger partial charge in [-0.25, -0.2) is 8.42 Å². The Morgan fingerprint density at radius 3 is 2.80 bits per heavy atom. The molecule has 1 rings (SSSR count). The topological polar surface area (TPSA) is 87.2 Å². The number of hydrogen-bond donors (Lipinski definition) is 1. The van der Waals surface area contributed by atoms with E-state index in [2.05, 4.69) is 5.10 Å². The lowest BCUT2D eigenvalue weighted by atomic mass is 10.6. The molecule has 0 saturated heterocycles. The fourth-order valence-electron chi connectivity index (χ4n) is 1.05. The molecule has 0 unspecified atom stereocenters. The van der Waals surface area contributed by atoms with E-state index in [1.165, 1.54) is 18.0 Å². The van der Waals surface area contributed by atoms with Crippen molar-refractivity contribution in [1.82, 2.24) is 9.78 Å². The quantitative estimate of drug-likeness (QED) is 0.717. The third-order valence-corrected chi connectivity index (χ3v) is 3.48. The normalized spacial score (nSPS) is 11.8.